The number of hydrogen-bond acceptors (Lipinski definition) is 2. The molecule has 2 aromatic carbocycles. The van der Waals surface area contributed by atoms with Crippen LogP contribution >= 0.6 is 0 Å². The summed E-state index contributed by atoms with van der Waals surface area (Å²) < 4.78 is 39.9. The molecule has 0 amide bonds. The number of carbonyl (C=O) groups excluding carboxylic acids is 1. The summed E-state index contributed by atoms with van der Waals surface area (Å²) in [6.07, 6.45) is 0. The Morgan fingerprint density at radius 3 is 2.06 bits per heavy atom. The molecule has 0 aliphatic heterocycles. The van der Waals surface area contributed by atoms with Gasteiger partial charge in [0.1, 0.15) is 23.2 Å². The van der Waals surface area contributed by atoms with E-state index >= 15 is 0 Å². The topological polar surface area (TPSA) is 37.3 Å². The van der Waals surface area contributed by atoms with E-state index in [-0.39, 0.29) is 22.3 Å². The molecular weight excluding hydrogens is 245 g/mol. The Bertz CT molecular complexity index is 648. The van der Waals surface area contributed by atoms with E-state index in [1.807, 2.05) is 0 Å². The zero-order chi connectivity index (χ0) is 13.0. The SMILES string of the molecule is O=C1c2cc(F)cc(O)c2-c2c(F)cc(F)cc21. The molecule has 0 spiro atoms. The predicted molar refractivity (Wildman–Crippen MR) is 56.8 cm³/mol. The van der Waals surface area contributed by atoms with Crippen LogP contribution in [0.15, 0.2) is 24.3 Å². The van der Waals surface area contributed by atoms with Gasteiger partial charge < -0.3 is 5.11 Å². The first-order valence-corrected chi connectivity index (χ1v) is 5.05. The van der Waals surface area contributed by atoms with E-state index in [1.54, 1.807) is 0 Å². The molecule has 5 heteroatoms. The van der Waals surface area contributed by atoms with Crippen molar-refractivity contribution in [3.8, 4) is 16.9 Å². The Labute approximate surface area is 99.3 Å². The molecule has 0 saturated carbocycles. The number of phenolic OH excluding ortho intramolecular Hbond substituents is 1. The zero-order valence-electron chi connectivity index (χ0n) is 8.80. The van der Waals surface area contributed by atoms with Crippen LogP contribution in [0.25, 0.3) is 11.1 Å². The van der Waals surface area contributed by atoms with E-state index in [0.29, 0.717) is 6.07 Å². The number of phenols is 1. The van der Waals surface area contributed by atoms with Crippen LogP contribution in [0.2, 0.25) is 0 Å². The molecule has 0 unspecified atom stereocenters. The van der Waals surface area contributed by atoms with Gasteiger partial charge in [-0.05, 0) is 12.1 Å². The number of ketones is 1. The van der Waals surface area contributed by atoms with Crippen molar-refractivity contribution in [1.29, 1.82) is 0 Å². The van der Waals surface area contributed by atoms with Crippen LogP contribution in [0.4, 0.5) is 13.2 Å². The van der Waals surface area contributed by atoms with Gasteiger partial charge >= 0.3 is 0 Å². The standard InChI is InChI=1S/C13H5F3O2/c14-5-1-7-11(9(16)3-5)12-8(13(7)18)2-6(15)4-10(12)17/h1-4,17H. The molecule has 0 atom stereocenters. The lowest BCUT2D eigenvalue weighted by Gasteiger charge is -2.04. The lowest BCUT2D eigenvalue weighted by Crippen LogP contribution is -1.97. The van der Waals surface area contributed by atoms with E-state index in [2.05, 4.69) is 0 Å². The second kappa shape index (κ2) is 3.35. The van der Waals surface area contributed by atoms with Gasteiger partial charge in [0, 0.05) is 34.4 Å². The van der Waals surface area contributed by atoms with E-state index in [0.717, 1.165) is 18.2 Å². The Morgan fingerprint density at radius 1 is 0.833 bits per heavy atom. The van der Waals surface area contributed by atoms with Gasteiger partial charge in [-0.3, -0.25) is 4.79 Å². The van der Waals surface area contributed by atoms with Gasteiger partial charge in [-0.25, -0.2) is 13.2 Å². The highest BCUT2D eigenvalue weighted by atomic mass is 19.1. The highest BCUT2D eigenvalue weighted by molar-refractivity contribution is 6.22. The summed E-state index contributed by atoms with van der Waals surface area (Å²) in [5.74, 6) is -3.91. The summed E-state index contributed by atoms with van der Waals surface area (Å²) in [6.45, 7) is 0. The van der Waals surface area contributed by atoms with E-state index in [9.17, 15) is 23.1 Å². The number of benzene rings is 2. The largest absolute Gasteiger partial charge is 0.507 e. The number of rotatable bonds is 0. The molecule has 0 heterocycles. The summed E-state index contributed by atoms with van der Waals surface area (Å²) in [5, 5.41) is 9.62. The fourth-order valence-corrected chi connectivity index (χ4v) is 2.19. The molecular formula is C13H5F3O2. The number of fused-ring (bicyclic) bond motifs is 3. The Kier molecular flexibility index (Phi) is 2.02. The minimum absolute atomic E-state index is 0.0890. The molecule has 3 rings (SSSR count). The third kappa shape index (κ3) is 1.27. The fraction of sp³-hybridized carbons (Fsp3) is 0. The van der Waals surface area contributed by atoms with Crippen molar-refractivity contribution in [3.63, 3.8) is 0 Å². The van der Waals surface area contributed by atoms with Gasteiger partial charge in [-0.15, -0.1) is 0 Å². The first-order chi connectivity index (χ1) is 8.49. The van der Waals surface area contributed by atoms with Gasteiger partial charge in [0.2, 0.25) is 0 Å². The van der Waals surface area contributed by atoms with E-state index in [4.69, 9.17) is 0 Å². The molecule has 2 aromatic rings. The van der Waals surface area contributed by atoms with Crippen LogP contribution in [0, 0.1) is 17.5 Å². The molecule has 18 heavy (non-hydrogen) atoms. The quantitative estimate of drug-likeness (QED) is 0.665. The lowest BCUT2D eigenvalue weighted by molar-refractivity contribution is 0.104. The van der Waals surface area contributed by atoms with Crippen molar-refractivity contribution in [3.05, 3.63) is 52.8 Å². The highest BCUT2D eigenvalue weighted by Crippen LogP contribution is 2.44. The molecule has 90 valence electrons. The van der Waals surface area contributed by atoms with Crippen molar-refractivity contribution in [1.82, 2.24) is 0 Å². The van der Waals surface area contributed by atoms with Gasteiger partial charge in [0.25, 0.3) is 0 Å². The van der Waals surface area contributed by atoms with Crippen LogP contribution < -0.4 is 0 Å². The second-order valence-corrected chi connectivity index (χ2v) is 3.99. The van der Waals surface area contributed by atoms with Gasteiger partial charge in [-0.1, -0.05) is 0 Å². The van der Waals surface area contributed by atoms with Crippen LogP contribution in [0.5, 0.6) is 5.75 Å². The molecule has 0 saturated heterocycles. The predicted octanol–water partition coefficient (Wildman–Crippen LogP) is 3.02. The van der Waals surface area contributed by atoms with Crippen molar-refractivity contribution in [2.75, 3.05) is 0 Å². The number of halogens is 3. The smallest absolute Gasteiger partial charge is 0.194 e. The van der Waals surface area contributed by atoms with Crippen LogP contribution in [0.1, 0.15) is 15.9 Å². The molecule has 1 N–H and O–H groups in total. The third-order valence-electron chi connectivity index (χ3n) is 2.88. The minimum atomic E-state index is -0.959. The number of carbonyl (C=O) groups is 1. The van der Waals surface area contributed by atoms with E-state index < -0.39 is 29.0 Å². The summed E-state index contributed by atoms with van der Waals surface area (Å²) >= 11 is 0. The molecule has 0 bridgehead atoms. The van der Waals surface area contributed by atoms with Gasteiger partial charge in [-0.2, -0.15) is 0 Å². The summed E-state index contributed by atoms with van der Waals surface area (Å²) in [7, 11) is 0. The molecule has 2 nitrogen and oxygen atoms in total. The van der Waals surface area contributed by atoms with E-state index in [1.165, 1.54) is 0 Å². The maximum atomic E-state index is 13.7. The van der Waals surface area contributed by atoms with Gasteiger partial charge in [0.15, 0.2) is 5.78 Å². The maximum absolute atomic E-state index is 13.7. The van der Waals surface area contributed by atoms with Crippen LogP contribution in [-0.2, 0) is 0 Å². The lowest BCUT2D eigenvalue weighted by atomic mass is 10.0. The number of hydrogen-bond donors (Lipinski definition) is 1. The Hall–Kier alpha value is -2.30. The van der Waals surface area contributed by atoms with Crippen molar-refractivity contribution >= 4 is 5.78 Å². The average Bonchev–Trinajstić information content (AvgIpc) is 2.54. The molecule has 1 aliphatic rings. The third-order valence-corrected chi connectivity index (χ3v) is 2.88. The second-order valence-electron chi connectivity index (χ2n) is 3.99. The summed E-state index contributed by atoms with van der Waals surface area (Å²) in [4.78, 5) is 11.9. The van der Waals surface area contributed by atoms with Crippen LogP contribution in [0.3, 0.4) is 0 Å². The average molecular weight is 250 g/mol. The highest BCUT2D eigenvalue weighted by Gasteiger charge is 2.33. The fourth-order valence-electron chi connectivity index (χ4n) is 2.19. The monoisotopic (exact) mass is 250 g/mol. The zero-order valence-corrected chi connectivity index (χ0v) is 8.80. The van der Waals surface area contributed by atoms with Gasteiger partial charge in [0.05, 0.1) is 0 Å². The normalized spacial score (nSPS) is 12.5. The number of aromatic hydroxyl groups is 1. The first kappa shape index (κ1) is 10.8. The molecule has 0 fully saturated rings. The molecule has 0 radical (unpaired) electrons. The summed E-state index contributed by atoms with van der Waals surface area (Å²) in [6, 6.07) is 3.17. The van der Waals surface area contributed by atoms with Crippen molar-refractivity contribution in [2.45, 2.75) is 0 Å². The summed E-state index contributed by atoms with van der Waals surface area (Å²) in [5.41, 5.74) is -0.641. The first-order valence-electron chi connectivity index (χ1n) is 5.05. The van der Waals surface area contributed by atoms with Crippen molar-refractivity contribution < 1.29 is 23.1 Å². The molecule has 1 aliphatic carbocycles. The van der Waals surface area contributed by atoms with Crippen molar-refractivity contribution in [2.24, 2.45) is 0 Å². The minimum Gasteiger partial charge on any atom is -0.507 e. The Balaban J connectivity index is 2.44. The molecule has 0 aromatic heterocycles. The maximum Gasteiger partial charge on any atom is 0.194 e. The Morgan fingerprint density at radius 2 is 1.39 bits per heavy atom. The van der Waals surface area contributed by atoms with Crippen LogP contribution in [-0.4, -0.2) is 10.9 Å².